The number of aliphatic hydroxyl groups excluding tert-OH is 1. The van der Waals surface area contributed by atoms with Crippen LogP contribution in [0.25, 0.3) is 22.4 Å². The van der Waals surface area contributed by atoms with E-state index in [9.17, 15) is 18.3 Å². The lowest BCUT2D eigenvalue weighted by atomic mass is 9.89. The number of pyridine rings is 1. The van der Waals surface area contributed by atoms with Gasteiger partial charge in [-0.3, -0.25) is 4.79 Å². The normalized spacial score (nSPS) is 16.9. The van der Waals surface area contributed by atoms with Crippen LogP contribution in [0.4, 0.5) is 5.69 Å². The van der Waals surface area contributed by atoms with Crippen LogP contribution in [0.3, 0.4) is 0 Å². The molecule has 1 saturated carbocycles. The second-order valence-electron chi connectivity index (χ2n) is 11.8. The van der Waals surface area contributed by atoms with Crippen molar-refractivity contribution in [3.8, 4) is 22.4 Å². The summed E-state index contributed by atoms with van der Waals surface area (Å²) in [5.74, 6) is -0.175. The molecule has 0 bridgehead atoms. The van der Waals surface area contributed by atoms with Crippen molar-refractivity contribution >= 4 is 39.1 Å². The van der Waals surface area contributed by atoms with Gasteiger partial charge in [0.1, 0.15) is 5.82 Å². The van der Waals surface area contributed by atoms with Gasteiger partial charge in [0.2, 0.25) is 5.88 Å². The number of aromatic nitrogens is 3. The largest absolute Gasteiger partial charge is 0.493 e. The molecule has 47 heavy (non-hydrogen) atoms. The third-order valence-electron chi connectivity index (χ3n) is 8.80. The van der Waals surface area contributed by atoms with Crippen LogP contribution in [0.2, 0.25) is 10.0 Å². The highest BCUT2D eigenvalue weighted by Crippen LogP contribution is 2.36. The molecule has 0 amide bonds. The van der Waals surface area contributed by atoms with E-state index in [2.05, 4.69) is 9.71 Å². The minimum atomic E-state index is -3.93. The highest BCUT2D eigenvalue weighted by atomic mass is 35.5. The molecular formula is C35H31Cl2N5O4S. The van der Waals surface area contributed by atoms with Gasteiger partial charge in [-0.2, -0.15) is 8.42 Å². The maximum Gasteiger partial charge on any atom is 0.330 e. The van der Waals surface area contributed by atoms with Crippen molar-refractivity contribution in [1.29, 1.82) is 0 Å². The number of imidazole rings is 1. The number of nitrogens with zero attached hydrogens (tertiary/aromatic N) is 3. The lowest BCUT2D eigenvalue weighted by molar-refractivity contribution is 0.346. The number of halogens is 2. The van der Waals surface area contributed by atoms with Crippen molar-refractivity contribution in [2.45, 2.75) is 44.1 Å². The average molecular weight is 689 g/mol. The predicted octanol–water partition coefficient (Wildman–Crippen LogP) is 7.91. The van der Waals surface area contributed by atoms with Crippen LogP contribution in [0.5, 0.6) is 0 Å². The van der Waals surface area contributed by atoms with Gasteiger partial charge >= 0.3 is 10.2 Å². The maximum atomic E-state index is 13.1. The zero-order valence-corrected chi connectivity index (χ0v) is 27.4. The fourth-order valence-corrected chi connectivity index (χ4v) is 8.01. The Balaban J connectivity index is 1.24. The van der Waals surface area contributed by atoms with Crippen LogP contribution < -0.4 is 14.6 Å². The monoisotopic (exact) mass is 687 g/mol. The number of anilines is 1. The number of aromatic amines is 1. The van der Waals surface area contributed by atoms with E-state index in [0.717, 1.165) is 64.0 Å². The Morgan fingerprint density at radius 3 is 2.21 bits per heavy atom. The average Bonchev–Trinajstić information content (AvgIpc) is 3.65. The van der Waals surface area contributed by atoms with Gasteiger partial charge in [-0.05, 0) is 71.5 Å². The lowest BCUT2D eigenvalue weighted by Gasteiger charge is -2.24. The summed E-state index contributed by atoms with van der Waals surface area (Å²) in [6, 6.07) is 24.3. The van der Waals surface area contributed by atoms with E-state index in [0.29, 0.717) is 27.3 Å². The minimum Gasteiger partial charge on any atom is -0.493 e. The Bertz CT molecular complexity index is 2140. The third-order valence-corrected chi connectivity index (χ3v) is 10.6. The molecule has 1 unspecified atom stereocenters. The van der Waals surface area contributed by atoms with Crippen LogP contribution >= 0.6 is 23.2 Å². The predicted molar refractivity (Wildman–Crippen MR) is 185 cm³/mol. The van der Waals surface area contributed by atoms with E-state index >= 15 is 0 Å². The van der Waals surface area contributed by atoms with Crippen molar-refractivity contribution in [1.82, 2.24) is 19.3 Å². The molecule has 3 N–H and O–H groups in total. The topological polar surface area (TPSA) is 120 Å². The van der Waals surface area contributed by atoms with E-state index in [1.54, 1.807) is 36.5 Å². The van der Waals surface area contributed by atoms with Crippen molar-refractivity contribution in [3.05, 3.63) is 141 Å². The van der Waals surface area contributed by atoms with E-state index in [1.165, 1.54) is 6.42 Å². The quantitative estimate of drug-likeness (QED) is 0.161. The van der Waals surface area contributed by atoms with Gasteiger partial charge in [0, 0.05) is 28.9 Å². The first-order valence-electron chi connectivity index (χ1n) is 15.3. The molecule has 1 fully saturated rings. The van der Waals surface area contributed by atoms with E-state index in [4.69, 9.17) is 28.2 Å². The fourth-order valence-electron chi connectivity index (χ4n) is 6.45. The molecule has 3 aromatic carbocycles. The molecule has 2 aromatic heterocycles. The Morgan fingerprint density at radius 1 is 0.872 bits per heavy atom. The van der Waals surface area contributed by atoms with E-state index in [1.807, 2.05) is 59.3 Å². The van der Waals surface area contributed by atoms with Crippen molar-refractivity contribution in [3.63, 3.8) is 0 Å². The van der Waals surface area contributed by atoms with Crippen LogP contribution in [0, 0.1) is 0 Å². The SMILES string of the molecule is O=c1cc(-c2ccc(C(c3ccc(N4C=C(O)NS4(=O)=O)cc3)c3ncc(-c4ccc(Cl)cc4Cl)[nH]3)cc2)ccn1C1CCCCC1. The summed E-state index contributed by atoms with van der Waals surface area (Å²) in [6.45, 7) is 0. The summed E-state index contributed by atoms with van der Waals surface area (Å²) in [6.07, 6.45) is 10.4. The number of benzene rings is 3. The van der Waals surface area contributed by atoms with Gasteiger partial charge in [0.05, 0.1) is 34.7 Å². The summed E-state index contributed by atoms with van der Waals surface area (Å²) in [4.78, 5) is 21.2. The molecule has 9 nitrogen and oxygen atoms in total. The molecule has 12 heteroatoms. The second-order valence-corrected chi connectivity index (χ2v) is 14.2. The van der Waals surface area contributed by atoms with Crippen LogP contribution in [-0.4, -0.2) is 28.1 Å². The number of aliphatic hydroxyl groups is 1. The Hall–Kier alpha value is -4.51. The number of H-pyrrole nitrogens is 1. The van der Waals surface area contributed by atoms with Crippen LogP contribution in [0.1, 0.15) is 61.0 Å². The maximum absolute atomic E-state index is 13.1. The van der Waals surface area contributed by atoms with Gasteiger partial charge in [-0.25, -0.2) is 14.0 Å². The standard InChI is InChI=1S/C35H31Cl2N5O4S/c36-26-12-15-29(30(37)19-26)31-20-38-35(39-31)34(24-10-13-28(14-11-24)42-21-32(43)40-47(42,45)46)23-8-6-22(7-9-23)25-16-17-41(33(44)18-25)27-4-2-1-3-5-27/h6-21,27,34,40,43H,1-5H2,(H,38,39). The molecule has 1 aliphatic carbocycles. The molecule has 1 atom stereocenters. The van der Waals surface area contributed by atoms with Crippen molar-refractivity contribution in [2.75, 3.05) is 4.31 Å². The van der Waals surface area contributed by atoms with Gasteiger partial charge in [0.25, 0.3) is 5.56 Å². The number of hydrogen-bond donors (Lipinski definition) is 3. The summed E-state index contributed by atoms with van der Waals surface area (Å²) in [7, 11) is -3.93. The Labute approximate surface area is 282 Å². The smallest absolute Gasteiger partial charge is 0.330 e. The zero-order valence-electron chi connectivity index (χ0n) is 25.1. The zero-order chi connectivity index (χ0) is 32.7. The van der Waals surface area contributed by atoms with Gasteiger partial charge < -0.3 is 14.7 Å². The molecule has 2 aliphatic rings. The highest BCUT2D eigenvalue weighted by molar-refractivity contribution is 7.91. The number of nitrogens with one attached hydrogen (secondary N) is 2. The molecule has 3 heterocycles. The van der Waals surface area contributed by atoms with Gasteiger partial charge in [-0.1, -0.05) is 78.9 Å². The Kier molecular flexibility index (Phi) is 8.34. The molecule has 0 spiro atoms. The van der Waals surface area contributed by atoms with Crippen molar-refractivity contribution in [2.24, 2.45) is 0 Å². The third kappa shape index (κ3) is 6.28. The van der Waals surface area contributed by atoms with Crippen LogP contribution in [-0.2, 0) is 10.2 Å². The fraction of sp³-hybridized carbons (Fsp3) is 0.200. The summed E-state index contributed by atoms with van der Waals surface area (Å²) in [5, 5.41) is 10.8. The van der Waals surface area contributed by atoms with Crippen LogP contribution in [0.15, 0.2) is 108 Å². The molecule has 0 saturated heterocycles. The minimum absolute atomic E-state index is 0.0128. The molecule has 1 aliphatic heterocycles. The molecular weight excluding hydrogens is 657 g/mol. The highest BCUT2D eigenvalue weighted by Gasteiger charge is 2.29. The lowest BCUT2D eigenvalue weighted by Crippen LogP contribution is -2.29. The summed E-state index contributed by atoms with van der Waals surface area (Å²) < 4.78 is 29.8. The van der Waals surface area contributed by atoms with Gasteiger partial charge in [0.15, 0.2) is 0 Å². The summed E-state index contributed by atoms with van der Waals surface area (Å²) in [5.41, 5.74) is 5.37. The first kappa shape index (κ1) is 31.1. The van der Waals surface area contributed by atoms with Gasteiger partial charge in [-0.15, -0.1) is 0 Å². The molecule has 240 valence electrons. The number of hydrogen-bond acceptors (Lipinski definition) is 5. The first-order chi connectivity index (χ1) is 22.7. The Morgan fingerprint density at radius 2 is 1.57 bits per heavy atom. The summed E-state index contributed by atoms with van der Waals surface area (Å²) >= 11 is 12.6. The molecule has 0 radical (unpaired) electrons. The van der Waals surface area contributed by atoms with E-state index in [-0.39, 0.29) is 17.5 Å². The first-order valence-corrected chi connectivity index (χ1v) is 17.5. The van der Waals surface area contributed by atoms with E-state index < -0.39 is 16.1 Å². The molecule has 5 aromatic rings. The van der Waals surface area contributed by atoms with Crippen molar-refractivity contribution < 1.29 is 13.5 Å². The number of rotatable bonds is 7. The molecule has 7 rings (SSSR count). The second kappa shape index (κ2) is 12.6.